The van der Waals surface area contributed by atoms with Gasteiger partial charge in [-0.15, -0.1) is 9.74 Å². The second-order valence-electron chi connectivity index (χ2n) is 4.65. The van der Waals surface area contributed by atoms with Gasteiger partial charge in [-0.05, 0) is 12.1 Å². The van der Waals surface area contributed by atoms with Gasteiger partial charge in [0, 0.05) is 0 Å². The van der Waals surface area contributed by atoms with Crippen molar-refractivity contribution in [3.8, 4) is 11.9 Å². The molecule has 1 aromatic carbocycles. The summed E-state index contributed by atoms with van der Waals surface area (Å²) in [5.74, 6) is 0.779. The zero-order chi connectivity index (χ0) is 12.9. The standard InChI is InChI=1S/C14H10N5/c15-9-19-6-5-17-14(19)12-3-1-2-4-13(12)18-10-16-7-11(18)8-19/h1-7,10H,8H2/q+1. The van der Waals surface area contributed by atoms with Crippen LogP contribution in [-0.2, 0) is 6.54 Å². The second kappa shape index (κ2) is 3.40. The summed E-state index contributed by atoms with van der Waals surface area (Å²) in [5.41, 5.74) is 3.00. The van der Waals surface area contributed by atoms with E-state index in [0.29, 0.717) is 6.54 Å². The zero-order valence-corrected chi connectivity index (χ0v) is 10.1. The molecule has 0 amide bonds. The fraction of sp³-hybridized carbons (Fsp3) is 0.0714. The Morgan fingerprint density at radius 1 is 1.32 bits per heavy atom. The molecule has 90 valence electrons. The third-order valence-electron chi connectivity index (χ3n) is 3.61. The van der Waals surface area contributed by atoms with Crippen molar-refractivity contribution in [2.45, 2.75) is 6.54 Å². The van der Waals surface area contributed by atoms with E-state index < -0.39 is 0 Å². The minimum atomic E-state index is 0.0860. The first-order valence-corrected chi connectivity index (χ1v) is 6.00. The monoisotopic (exact) mass is 248 g/mol. The maximum absolute atomic E-state index is 9.63. The first-order chi connectivity index (χ1) is 9.34. The van der Waals surface area contributed by atoms with E-state index in [1.54, 1.807) is 12.5 Å². The largest absolute Gasteiger partial charge is 0.321 e. The highest BCUT2D eigenvalue weighted by Crippen LogP contribution is 2.32. The highest BCUT2D eigenvalue weighted by molar-refractivity contribution is 5.99. The minimum absolute atomic E-state index is 0.0860. The summed E-state index contributed by atoms with van der Waals surface area (Å²) in [6.45, 7) is 0.542. The second-order valence-corrected chi connectivity index (χ2v) is 4.65. The van der Waals surface area contributed by atoms with Crippen LogP contribution in [0.1, 0.15) is 11.3 Å². The molecule has 5 nitrogen and oxygen atoms in total. The molecule has 2 aliphatic rings. The first-order valence-electron chi connectivity index (χ1n) is 6.00. The maximum Gasteiger partial charge on any atom is 0.321 e. The number of amidine groups is 1. The summed E-state index contributed by atoms with van der Waals surface area (Å²) < 4.78 is 2.12. The first kappa shape index (κ1) is 10.2. The molecule has 1 unspecified atom stereocenters. The number of rotatable bonds is 0. The van der Waals surface area contributed by atoms with Crippen molar-refractivity contribution in [2.24, 2.45) is 4.99 Å². The summed E-state index contributed by atoms with van der Waals surface area (Å²) in [6, 6.07) is 7.98. The van der Waals surface area contributed by atoms with Crippen LogP contribution in [0.2, 0.25) is 0 Å². The van der Waals surface area contributed by atoms with Gasteiger partial charge in [0.05, 0.1) is 35.7 Å². The Labute approximate surface area is 110 Å². The van der Waals surface area contributed by atoms with Crippen LogP contribution >= 0.6 is 0 Å². The smallest absolute Gasteiger partial charge is 0.297 e. The lowest BCUT2D eigenvalue weighted by atomic mass is 10.1. The topological polar surface area (TPSA) is 54.0 Å². The molecule has 5 heteroatoms. The molecular formula is C14H10N5+. The van der Waals surface area contributed by atoms with Crippen LogP contribution in [0.4, 0.5) is 0 Å². The number of nitriles is 1. The molecule has 0 aliphatic carbocycles. The molecule has 3 heterocycles. The number of fused-ring (bicyclic) bond motifs is 5. The summed E-state index contributed by atoms with van der Waals surface area (Å²) in [4.78, 5) is 8.62. The molecule has 2 aliphatic heterocycles. The lowest BCUT2D eigenvalue weighted by Gasteiger charge is -2.19. The molecule has 0 saturated carbocycles. The van der Waals surface area contributed by atoms with Crippen LogP contribution in [0.25, 0.3) is 5.69 Å². The lowest BCUT2D eigenvalue weighted by molar-refractivity contribution is -0.728. The molecule has 4 rings (SSSR count). The zero-order valence-electron chi connectivity index (χ0n) is 10.1. The molecule has 1 atom stereocenters. The van der Waals surface area contributed by atoms with Crippen LogP contribution in [0.5, 0.6) is 0 Å². The van der Waals surface area contributed by atoms with E-state index in [2.05, 4.69) is 16.2 Å². The average Bonchev–Trinajstić information content (AvgIpc) is 3.05. The normalized spacial score (nSPS) is 22.8. The van der Waals surface area contributed by atoms with Gasteiger partial charge in [-0.3, -0.25) is 4.57 Å². The number of hydrogen-bond acceptors (Lipinski definition) is 3. The molecule has 0 fully saturated rings. The highest BCUT2D eigenvalue weighted by Gasteiger charge is 2.42. The average molecular weight is 248 g/mol. The molecule has 19 heavy (non-hydrogen) atoms. The molecular weight excluding hydrogens is 238 g/mol. The van der Waals surface area contributed by atoms with Gasteiger partial charge in [0.25, 0.3) is 5.84 Å². The number of quaternary nitrogens is 1. The third-order valence-corrected chi connectivity index (χ3v) is 3.61. The number of hydrogen-bond donors (Lipinski definition) is 0. The Balaban J connectivity index is 2.10. The van der Waals surface area contributed by atoms with E-state index in [1.807, 2.05) is 41.2 Å². The van der Waals surface area contributed by atoms with Gasteiger partial charge < -0.3 is 0 Å². The molecule has 0 N–H and O–H groups in total. The number of benzene rings is 1. The van der Waals surface area contributed by atoms with Gasteiger partial charge >= 0.3 is 6.19 Å². The predicted octanol–water partition coefficient (Wildman–Crippen LogP) is 1.92. The van der Waals surface area contributed by atoms with Crippen LogP contribution < -0.4 is 0 Å². The van der Waals surface area contributed by atoms with Crippen molar-refractivity contribution in [1.82, 2.24) is 9.55 Å². The fourth-order valence-corrected chi connectivity index (χ4v) is 2.70. The van der Waals surface area contributed by atoms with Crippen LogP contribution in [0.3, 0.4) is 0 Å². The highest BCUT2D eigenvalue weighted by atomic mass is 15.4. The van der Waals surface area contributed by atoms with Gasteiger partial charge in [0.15, 0.2) is 0 Å². The van der Waals surface area contributed by atoms with Crippen molar-refractivity contribution >= 4 is 5.84 Å². The van der Waals surface area contributed by atoms with E-state index in [9.17, 15) is 5.26 Å². The summed E-state index contributed by atoms with van der Waals surface area (Å²) in [6.07, 6.45) is 9.50. The molecule has 0 spiro atoms. The van der Waals surface area contributed by atoms with E-state index >= 15 is 0 Å². The summed E-state index contributed by atoms with van der Waals surface area (Å²) >= 11 is 0. The van der Waals surface area contributed by atoms with Crippen molar-refractivity contribution in [2.75, 3.05) is 0 Å². The van der Waals surface area contributed by atoms with Crippen molar-refractivity contribution in [3.05, 3.63) is 60.4 Å². The number of aliphatic imine (C=N–C) groups is 1. The van der Waals surface area contributed by atoms with Gasteiger partial charge in [-0.1, -0.05) is 12.1 Å². The van der Waals surface area contributed by atoms with E-state index in [1.165, 1.54) is 0 Å². The van der Waals surface area contributed by atoms with Crippen LogP contribution in [0, 0.1) is 11.5 Å². The molecule has 0 radical (unpaired) electrons. The van der Waals surface area contributed by atoms with Gasteiger partial charge in [-0.2, -0.15) is 4.99 Å². The Morgan fingerprint density at radius 2 is 2.21 bits per heavy atom. The number of para-hydroxylation sites is 1. The van der Waals surface area contributed by atoms with E-state index in [4.69, 9.17) is 0 Å². The Kier molecular flexibility index (Phi) is 1.83. The minimum Gasteiger partial charge on any atom is -0.297 e. The summed E-state index contributed by atoms with van der Waals surface area (Å²) in [5, 5.41) is 9.63. The molecule has 0 bridgehead atoms. The Morgan fingerprint density at radius 3 is 3.11 bits per heavy atom. The Hall–Kier alpha value is -2.71. The van der Waals surface area contributed by atoms with Crippen LogP contribution in [-0.4, -0.2) is 19.9 Å². The van der Waals surface area contributed by atoms with Gasteiger partial charge in [-0.25, -0.2) is 4.98 Å². The predicted molar refractivity (Wildman–Crippen MR) is 68.8 cm³/mol. The SMILES string of the molecule is N#C[N+]12C=CN=C1c1ccccc1-n1cncc1C2. The fourth-order valence-electron chi connectivity index (χ4n) is 2.70. The van der Waals surface area contributed by atoms with E-state index in [0.717, 1.165) is 22.8 Å². The number of nitrogens with zero attached hydrogens (tertiary/aromatic N) is 5. The summed E-state index contributed by atoms with van der Waals surface area (Å²) in [7, 11) is 0. The van der Waals surface area contributed by atoms with Crippen molar-refractivity contribution in [3.63, 3.8) is 0 Å². The quantitative estimate of drug-likeness (QED) is 0.528. The lowest BCUT2D eigenvalue weighted by Crippen LogP contribution is -2.40. The maximum atomic E-state index is 9.63. The molecule has 2 aromatic rings. The van der Waals surface area contributed by atoms with E-state index in [-0.39, 0.29) is 4.48 Å². The van der Waals surface area contributed by atoms with Gasteiger partial charge in [0.1, 0.15) is 12.7 Å². The van der Waals surface area contributed by atoms with Crippen LogP contribution in [0.15, 0.2) is 54.2 Å². The number of imidazole rings is 1. The van der Waals surface area contributed by atoms with Gasteiger partial charge in [0.2, 0.25) is 0 Å². The Bertz CT molecular complexity index is 777. The molecule has 0 saturated heterocycles. The number of aromatic nitrogens is 2. The third kappa shape index (κ3) is 1.21. The van der Waals surface area contributed by atoms with Crippen molar-refractivity contribution in [1.29, 1.82) is 5.26 Å². The van der Waals surface area contributed by atoms with Crippen molar-refractivity contribution < 1.29 is 4.48 Å². The molecule has 1 aromatic heterocycles.